The molecule has 1 atom stereocenters. The highest BCUT2D eigenvalue weighted by atomic mass is 35.5. The topological polar surface area (TPSA) is 58.1 Å². The summed E-state index contributed by atoms with van der Waals surface area (Å²) < 4.78 is 0. The fraction of sp³-hybridized carbons (Fsp3) is 0.316. The number of carbonyl (C=O) groups excluding carboxylic acids is 1. The molecular weight excluding hydrogens is 336 g/mol. The lowest BCUT2D eigenvalue weighted by Crippen LogP contribution is -2.36. The average Bonchev–Trinajstić information content (AvgIpc) is 2.96. The molecule has 25 heavy (non-hydrogen) atoms. The second-order valence-electron chi connectivity index (χ2n) is 6.56. The third-order valence-corrected chi connectivity index (χ3v) is 4.87. The van der Waals surface area contributed by atoms with E-state index in [1.54, 1.807) is 0 Å². The zero-order valence-corrected chi connectivity index (χ0v) is 15.0. The summed E-state index contributed by atoms with van der Waals surface area (Å²) in [6.45, 7) is 3.90. The highest BCUT2D eigenvalue weighted by Crippen LogP contribution is 2.41. The van der Waals surface area contributed by atoms with Gasteiger partial charge >= 0.3 is 0 Å². The second-order valence-corrected chi connectivity index (χ2v) is 6.99. The van der Waals surface area contributed by atoms with E-state index in [1.807, 2.05) is 49.2 Å². The van der Waals surface area contributed by atoms with Crippen molar-refractivity contribution in [3.8, 4) is 0 Å². The molecule has 0 radical (unpaired) electrons. The van der Waals surface area contributed by atoms with E-state index in [4.69, 9.17) is 11.6 Å². The van der Waals surface area contributed by atoms with Crippen LogP contribution in [0.4, 0.5) is 5.95 Å². The van der Waals surface area contributed by atoms with Crippen molar-refractivity contribution in [2.45, 2.75) is 39.2 Å². The number of ketones is 1. The van der Waals surface area contributed by atoms with Crippen molar-refractivity contribution in [3.05, 3.63) is 63.6 Å². The molecule has 0 amide bonds. The molecule has 0 spiro atoms. The van der Waals surface area contributed by atoms with Crippen LogP contribution >= 0.6 is 11.6 Å². The minimum Gasteiger partial charge on any atom is -0.299 e. The molecule has 2 aromatic rings. The maximum atomic E-state index is 12.6. The van der Waals surface area contributed by atoms with Crippen LogP contribution < -0.4 is 10.4 Å². The van der Waals surface area contributed by atoms with Crippen LogP contribution in [0.3, 0.4) is 0 Å². The van der Waals surface area contributed by atoms with Crippen molar-refractivity contribution in [2.75, 3.05) is 5.01 Å². The first-order valence-corrected chi connectivity index (χ1v) is 8.80. The molecule has 1 aliphatic carbocycles. The van der Waals surface area contributed by atoms with Crippen LogP contribution in [0.15, 0.2) is 41.6 Å². The van der Waals surface area contributed by atoms with Crippen molar-refractivity contribution in [2.24, 2.45) is 0 Å². The van der Waals surface area contributed by atoms with Crippen LogP contribution in [-0.4, -0.2) is 15.8 Å². The third-order valence-electron chi connectivity index (χ3n) is 4.61. The molecule has 1 N–H and O–H groups in total. The van der Waals surface area contributed by atoms with E-state index in [-0.39, 0.29) is 11.8 Å². The summed E-state index contributed by atoms with van der Waals surface area (Å²) in [6.07, 6.45) is 2.33. The number of aromatic nitrogens is 2. The minimum atomic E-state index is -0.235. The lowest BCUT2D eigenvalue weighted by molar-refractivity contribution is -0.116. The third kappa shape index (κ3) is 2.89. The van der Waals surface area contributed by atoms with Gasteiger partial charge in [0.05, 0.1) is 0 Å². The summed E-state index contributed by atoms with van der Waals surface area (Å²) in [5.41, 5.74) is 8.00. The van der Waals surface area contributed by atoms with Gasteiger partial charge in [0.15, 0.2) is 5.78 Å². The zero-order valence-electron chi connectivity index (χ0n) is 14.2. The smallest absolute Gasteiger partial charge is 0.245 e. The van der Waals surface area contributed by atoms with Crippen molar-refractivity contribution in [3.63, 3.8) is 0 Å². The van der Waals surface area contributed by atoms with Gasteiger partial charge in [-0.1, -0.05) is 23.7 Å². The first-order chi connectivity index (χ1) is 12.0. The predicted octanol–water partition coefficient (Wildman–Crippen LogP) is 3.82. The number of nitrogens with one attached hydrogen (secondary N) is 1. The lowest BCUT2D eigenvalue weighted by Gasteiger charge is -2.27. The van der Waals surface area contributed by atoms with Gasteiger partial charge in [0, 0.05) is 34.1 Å². The Labute approximate surface area is 151 Å². The van der Waals surface area contributed by atoms with E-state index >= 15 is 0 Å². The molecule has 1 aromatic carbocycles. The summed E-state index contributed by atoms with van der Waals surface area (Å²) in [5, 5.41) is 2.59. The number of Topliss-reactive ketones (excluding diaryl/α,β-unsaturated/α-hetero) is 1. The Bertz CT molecular complexity index is 855. The van der Waals surface area contributed by atoms with E-state index in [2.05, 4.69) is 15.4 Å². The largest absolute Gasteiger partial charge is 0.299 e. The van der Waals surface area contributed by atoms with E-state index in [1.165, 1.54) is 0 Å². The van der Waals surface area contributed by atoms with E-state index in [9.17, 15) is 4.79 Å². The van der Waals surface area contributed by atoms with Crippen LogP contribution in [0, 0.1) is 13.8 Å². The summed E-state index contributed by atoms with van der Waals surface area (Å²) in [7, 11) is 0. The molecule has 6 heteroatoms. The van der Waals surface area contributed by atoms with Gasteiger partial charge in [-0.05, 0) is 50.5 Å². The van der Waals surface area contributed by atoms with Gasteiger partial charge in [0.2, 0.25) is 5.95 Å². The molecule has 5 nitrogen and oxygen atoms in total. The number of nitrogens with zero attached hydrogens (tertiary/aromatic N) is 3. The Balaban J connectivity index is 1.83. The Morgan fingerprint density at radius 1 is 1.12 bits per heavy atom. The Morgan fingerprint density at radius 3 is 2.48 bits per heavy atom. The number of benzene rings is 1. The first-order valence-electron chi connectivity index (χ1n) is 8.43. The quantitative estimate of drug-likeness (QED) is 0.888. The maximum absolute atomic E-state index is 12.6. The number of anilines is 1. The Morgan fingerprint density at radius 2 is 1.80 bits per heavy atom. The van der Waals surface area contributed by atoms with Gasteiger partial charge in [-0.2, -0.15) is 0 Å². The summed E-state index contributed by atoms with van der Waals surface area (Å²) in [6, 6.07) is 9.33. The zero-order chi connectivity index (χ0) is 17.6. The molecule has 0 unspecified atom stereocenters. The molecule has 1 aliphatic heterocycles. The van der Waals surface area contributed by atoms with Gasteiger partial charge in [0.25, 0.3) is 0 Å². The van der Waals surface area contributed by atoms with Gasteiger partial charge in [-0.15, -0.1) is 0 Å². The fourth-order valence-corrected chi connectivity index (χ4v) is 3.70. The van der Waals surface area contributed by atoms with Gasteiger partial charge in [-0.25, -0.2) is 15.0 Å². The normalized spacial score (nSPS) is 19.9. The molecule has 2 aliphatic rings. The predicted molar refractivity (Wildman–Crippen MR) is 97.2 cm³/mol. The van der Waals surface area contributed by atoms with Crippen molar-refractivity contribution >= 4 is 23.3 Å². The summed E-state index contributed by atoms with van der Waals surface area (Å²) >= 11 is 6.05. The van der Waals surface area contributed by atoms with Crippen LogP contribution in [0.1, 0.15) is 42.3 Å². The molecule has 128 valence electrons. The van der Waals surface area contributed by atoms with Crippen LogP contribution in [-0.2, 0) is 4.79 Å². The van der Waals surface area contributed by atoms with Crippen molar-refractivity contribution in [1.82, 2.24) is 15.4 Å². The maximum Gasteiger partial charge on any atom is 0.245 e. The number of carbonyl (C=O) groups is 1. The molecular formula is C19H19ClN4O. The SMILES string of the molecule is Cc1cc(C)nc(N2NC3=C(C(=O)CCC3)[C@H]2c2ccc(Cl)cc2)n1. The average molecular weight is 355 g/mol. The molecule has 4 rings (SSSR count). The van der Waals surface area contributed by atoms with Gasteiger partial charge in [0.1, 0.15) is 6.04 Å². The highest BCUT2D eigenvalue weighted by molar-refractivity contribution is 6.30. The van der Waals surface area contributed by atoms with Crippen LogP contribution in [0.2, 0.25) is 5.02 Å². The lowest BCUT2D eigenvalue weighted by atomic mass is 9.88. The highest BCUT2D eigenvalue weighted by Gasteiger charge is 2.40. The monoisotopic (exact) mass is 354 g/mol. The standard InChI is InChI=1S/C19H19ClN4O/c1-11-10-12(2)22-19(21-11)24-18(13-6-8-14(20)9-7-13)17-15(23-24)4-3-5-16(17)25/h6-10,18,23H,3-5H2,1-2H3/t18-/m1/s1. The summed E-state index contributed by atoms with van der Waals surface area (Å²) in [4.78, 5) is 21.8. The molecule has 0 saturated carbocycles. The van der Waals surface area contributed by atoms with Crippen molar-refractivity contribution < 1.29 is 4.79 Å². The van der Waals surface area contributed by atoms with Crippen molar-refractivity contribution in [1.29, 1.82) is 0 Å². The van der Waals surface area contributed by atoms with E-state index < -0.39 is 0 Å². The number of halogens is 1. The number of rotatable bonds is 2. The second kappa shape index (κ2) is 6.15. The first kappa shape index (κ1) is 16.1. The number of aryl methyl sites for hydroxylation is 2. The number of hydrazine groups is 1. The molecule has 0 fully saturated rings. The van der Waals surface area contributed by atoms with Gasteiger partial charge < -0.3 is 0 Å². The van der Waals surface area contributed by atoms with Crippen LogP contribution in [0.25, 0.3) is 0 Å². The van der Waals surface area contributed by atoms with Gasteiger partial charge in [-0.3, -0.25) is 10.2 Å². The molecule has 0 saturated heterocycles. The number of allylic oxidation sites excluding steroid dienone is 1. The Kier molecular flexibility index (Phi) is 3.96. The minimum absolute atomic E-state index is 0.195. The van der Waals surface area contributed by atoms with E-state index in [0.717, 1.165) is 41.1 Å². The van der Waals surface area contributed by atoms with E-state index in [0.29, 0.717) is 17.4 Å². The summed E-state index contributed by atoms with van der Waals surface area (Å²) in [5.74, 6) is 0.778. The molecule has 0 bridgehead atoms. The number of hydrogen-bond acceptors (Lipinski definition) is 5. The van der Waals surface area contributed by atoms with Crippen LogP contribution in [0.5, 0.6) is 0 Å². The Hall–Kier alpha value is -2.40. The number of hydrogen-bond donors (Lipinski definition) is 1. The molecule has 1 aromatic heterocycles. The fourth-order valence-electron chi connectivity index (χ4n) is 3.58. The molecule has 2 heterocycles.